The Balaban J connectivity index is 1.66. The summed E-state index contributed by atoms with van der Waals surface area (Å²) in [6.07, 6.45) is 2.63. The Morgan fingerprint density at radius 2 is 1.89 bits per heavy atom. The molecule has 2 heterocycles. The van der Waals surface area contributed by atoms with Crippen molar-refractivity contribution >= 4 is 6.03 Å². The summed E-state index contributed by atoms with van der Waals surface area (Å²) in [7, 11) is 1.65. The number of amides is 2. The number of hydrogen-bond acceptors (Lipinski definition) is 5. The highest BCUT2D eigenvalue weighted by atomic mass is 19.1. The van der Waals surface area contributed by atoms with Gasteiger partial charge in [0.15, 0.2) is 0 Å². The lowest BCUT2D eigenvalue weighted by atomic mass is 9.72. The largest absolute Gasteiger partial charge is 0.390 e. The average molecular weight is 500 g/mol. The standard InChI is InChI=1S/C28H38FN3O4/c1-36-16-6-5-14-28(35,22-12-7-13-23(29)26(22)20-9-3-2-4-10-20)21-11-8-15-31(17-21)27(34)32-18-24(30)25(33)19-32/h2-4,7,9-10,12-13,21,24-25,33,35H,5-6,8,11,14-19,30H2,1H3. The molecular formula is C28H38FN3O4. The summed E-state index contributed by atoms with van der Waals surface area (Å²) < 4.78 is 20.5. The molecule has 0 saturated carbocycles. The maximum Gasteiger partial charge on any atom is 0.320 e. The quantitative estimate of drug-likeness (QED) is 0.484. The van der Waals surface area contributed by atoms with E-state index in [0.29, 0.717) is 55.8 Å². The summed E-state index contributed by atoms with van der Waals surface area (Å²) in [5.41, 5.74) is 6.27. The molecule has 2 aliphatic rings. The predicted octanol–water partition coefficient (Wildman–Crippen LogP) is 3.33. The molecule has 2 aromatic rings. The van der Waals surface area contributed by atoms with Crippen LogP contribution in [-0.4, -0.2) is 78.1 Å². The van der Waals surface area contributed by atoms with Gasteiger partial charge in [0, 0.05) is 57.4 Å². The normalized spacial score (nSPS) is 24.1. The second kappa shape index (κ2) is 11.7. The minimum atomic E-state index is -1.33. The van der Waals surface area contributed by atoms with Crippen LogP contribution < -0.4 is 5.73 Å². The Morgan fingerprint density at radius 1 is 1.11 bits per heavy atom. The SMILES string of the molecule is COCCCCC(O)(c1cccc(F)c1-c1ccccc1)C1CCCN(C(=O)N2CC(N)C(O)C2)C1. The number of likely N-dealkylation sites (tertiary alicyclic amines) is 2. The molecule has 2 aromatic carbocycles. The number of hydrogen-bond donors (Lipinski definition) is 3. The molecule has 4 N–H and O–H groups in total. The summed E-state index contributed by atoms with van der Waals surface area (Å²) in [6.45, 7) is 2.03. The Morgan fingerprint density at radius 3 is 2.58 bits per heavy atom. The topological polar surface area (TPSA) is 99.3 Å². The zero-order chi connectivity index (χ0) is 25.7. The number of aliphatic hydroxyl groups excluding tert-OH is 1. The van der Waals surface area contributed by atoms with E-state index < -0.39 is 17.7 Å². The zero-order valence-electron chi connectivity index (χ0n) is 21.0. The lowest BCUT2D eigenvalue weighted by Crippen LogP contribution is -2.52. The van der Waals surface area contributed by atoms with Crippen LogP contribution in [0.15, 0.2) is 48.5 Å². The van der Waals surface area contributed by atoms with Crippen molar-refractivity contribution in [3.05, 3.63) is 59.9 Å². The van der Waals surface area contributed by atoms with Crippen LogP contribution in [0.4, 0.5) is 9.18 Å². The molecule has 2 aliphatic heterocycles. The van der Waals surface area contributed by atoms with Crippen molar-refractivity contribution in [3.63, 3.8) is 0 Å². The third kappa shape index (κ3) is 5.57. The van der Waals surface area contributed by atoms with Crippen molar-refractivity contribution < 1.29 is 24.1 Å². The van der Waals surface area contributed by atoms with Gasteiger partial charge in [-0.05, 0) is 49.3 Å². The van der Waals surface area contributed by atoms with Crippen molar-refractivity contribution in [2.75, 3.05) is 39.9 Å². The van der Waals surface area contributed by atoms with Crippen LogP contribution in [0.25, 0.3) is 11.1 Å². The Labute approximate surface area is 212 Å². The van der Waals surface area contributed by atoms with Crippen LogP contribution in [0.1, 0.15) is 37.7 Å². The van der Waals surface area contributed by atoms with E-state index in [0.717, 1.165) is 19.3 Å². The summed E-state index contributed by atoms with van der Waals surface area (Å²) in [6, 6.07) is 13.6. The molecule has 196 valence electrons. The molecule has 7 nitrogen and oxygen atoms in total. The van der Waals surface area contributed by atoms with E-state index in [4.69, 9.17) is 10.5 Å². The monoisotopic (exact) mass is 499 g/mol. The van der Waals surface area contributed by atoms with E-state index in [1.807, 2.05) is 36.4 Å². The minimum absolute atomic E-state index is 0.170. The number of aliphatic hydroxyl groups is 2. The van der Waals surface area contributed by atoms with Crippen molar-refractivity contribution in [1.82, 2.24) is 9.80 Å². The lowest BCUT2D eigenvalue weighted by Gasteiger charge is -2.44. The van der Waals surface area contributed by atoms with Crippen LogP contribution in [0, 0.1) is 11.7 Å². The van der Waals surface area contributed by atoms with Gasteiger partial charge in [0.2, 0.25) is 0 Å². The van der Waals surface area contributed by atoms with Gasteiger partial charge in [0.25, 0.3) is 0 Å². The first-order chi connectivity index (χ1) is 17.3. The highest BCUT2D eigenvalue weighted by Crippen LogP contribution is 2.44. The second-order valence-corrected chi connectivity index (χ2v) is 10.1. The summed E-state index contributed by atoms with van der Waals surface area (Å²) in [4.78, 5) is 16.6. The van der Waals surface area contributed by atoms with Gasteiger partial charge >= 0.3 is 6.03 Å². The molecule has 0 aromatic heterocycles. The zero-order valence-corrected chi connectivity index (χ0v) is 21.0. The van der Waals surface area contributed by atoms with Gasteiger partial charge in [0.1, 0.15) is 5.82 Å². The first kappa shape index (κ1) is 26.5. The van der Waals surface area contributed by atoms with E-state index in [2.05, 4.69) is 0 Å². The molecular weight excluding hydrogens is 461 g/mol. The maximum atomic E-state index is 15.3. The van der Waals surface area contributed by atoms with Crippen molar-refractivity contribution in [1.29, 1.82) is 0 Å². The van der Waals surface area contributed by atoms with E-state index in [9.17, 15) is 15.0 Å². The molecule has 0 radical (unpaired) electrons. The number of β-amino-alcohol motifs (C(OH)–C–C–N with tert-alkyl or cyclic N) is 1. The van der Waals surface area contributed by atoms with Crippen LogP contribution in [-0.2, 0) is 10.3 Å². The van der Waals surface area contributed by atoms with Crippen molar-refractivity contribution in [2.24, 2.45) is 11.7 Å². The number of carbonyl (C=O) groups is 1. The number of carbonyl (C=O) groups excluding carboxylic acids is 1. The minimum Gasteiger partial charge on any atom is -0.390 e. The highest BCUT2D eigenvalue weighted by molar-refractivity contribution is 5.75. The Hall–Kier alpha value is -2.52. The average Bonchev–Trinajstić information content (AvgIpc) is 3.24. The molecule has 4 rings (SSSR count). The first-order valence-electron chi connectivity index (χ1n) is 12.9. The number of benzene rings is 2. The van der Waals surface area contributed by atoms with Crippen molar-refractivity contribution in [3.8, 4) is 11.1 Å². The number of urea groups is 1. The van der Waals surface area contributed by atoms with Crippen LogP contribution in [0.2, 0.25) is 0 Å². The van der Waals surface area contributed by atoms with Gasteiger partial charge in [-0.25, -0.2) is 9.18 Å². The number of halogens is 1. The Bertz CT molecular complexity index is 1010. The van der Waals surface area contributed by atoms with Gasteiger partial charge in [-0.2, -0.15) is 0 Å². The maximum absolute atomic E-state index is 15.3. The van der Waals surface area contributed by atoms with E-state index in [1.165, 1.54) is 6.07 Å². The summed E-state index contributed by atoms with van der Waals surface area (Å²) >= 11 is 0. The molecule has 0 spiro atoms. The van der Waals surface area contributed by atoms with Crippen molar-refractivity contribution in [2.45, 2.75) is 49.9 Å². The predicted molar refractivity (Wildman–Crippen MR) is 137 cm³/mol. The van der Waals surface area contributed by atoms with Gasteiger partial charge < -0.3 is 30.5 Å². The number of methoxy groups -OCH3 is 1. The van der Waals surface area contributed by atoms with Gasteiger partial charge in [-0.3, -0.25) is 0 Å². The molecule has 0 bridgehead atoms. The fourth-order valence-corrected chi connectivity index (χ4v) is 5.69. The molecule has 2 saturated heterocycles. The molecule has 4 unspecified atom stereocenters. The highest BCUT2D eigenvalue weighted by Gasteiger charge is 2.44. The number of nitrogens with zero attached hydrogens (tertiary/aromatic N) is 2. The number of piperidine rings is 1. The van der Waals surface area contributed by atoms with E-state index in [-0.39, 0.29) is 24.3 Å². The number of unbranched alkanes of at least 4 members (excludes halogenated alkanes) is 1. The fourth-order valence-electron chi connectivity index (χ4n) is 5.69. The van der Waals surface area contributed by atoms with Crippen LogP contribution in [0.3, 0.4) is 0 Å². The number of rotatable bonds is 8. The van der Waals surface area contributed by atoms with Crippen LogP contribution >= 0.6 is 0 Å². The fraction of sp³-hybridized carbons (Fsp3) is 0.536. The first-order valence-corrected chi connectivity index (χ1v) is 12.9. The van der Waals surface area contributed by atoms with Gasteiger partial charge in [0.05, 0.1) is 11.7 Å². The van der Waals surface area contributed by atoms with Crippen LogP contribution in [0.5, 0.6) is 0 Å². The third-order valence-corrected chi connectivity index (χ3v) is 7.67. The van der Waals surface area contributed by atoms with E-state index >= 15 is 4.39 Å². The van der Waals surface area contributed by atoms with Gasteiger partial charge in [-0.15, -0.1) is 0 Å². The molecule has 36 heavy (non-hydrogen) atoms. The molecule has 8 heteroatoms. The number of ether oxygens (including phenoxy) is 1. The second-order valence-electron chi connectivity index (χ2n) is 10.1. The third-order valence-electron chi connectivity index (χ3n) is 7.67. The molecule has 2 amide bonds. The Kier molecular flexibility index (Phi) is 8.62. The lowest BCUT2D eigenvalue weighted by molar-refractivity contribution is -0.0573. The smallest absolute Gasteiger partial charge is 0.320 e. The summed E-state index contributed by atoms with van der Waals surface area (Å²) in [5, 5.41) is 22.4. The molecule has 0 aliphatic carbocycles. The molecule has 4 atom stereocenters. The van der Waals surface area contributed by atoms with E-state index in [1.54, 1.807) is 23.0 Å². The molecule has 2 fully saturated rings. The summed E-state index contributed by atoms with van der Waals surface area (Å²) in [5.74, 6) is -0.652. The number of nitrogens with two attached hydrogens (primary N) is 1. The van der Waals surface area contributed by atoms with Gasteiger partial charge in [-0.1, -0.05) is 42.5 Å².